The molecule has 0 aliphatic heterocycles. The molecule has 1 aromatic rings. The Kier molecular flexibility index (Phi) is 5.83. The summed E-state index contributed by atoms with van der Waals surface area (Å²) in [5.41, 5.74) is -0.250. The molecule has 0 saturated heterocycles. The highest BCUT2D eigenvalue weighted by Crippen LogP contribution is 2.23. The molecule has 0 heterocycles. The number of carboxylic acid groups (broad SMARTS) is 1. The zero-order chi connectivity index (χ0) is 15.3. The second kappa shape index (κ2) is 7.15. The molecular weight excluding hydrogens is 342 g/mol. The standard InChI is InChI=1S/C11H11BrF2N2O4/c1-20-9(10(17)18)4-15-11(19)16-8-2-5(12)6(13)3-7(8)14/h2-3,9H,4H2,1H3,(H,17,18)(H2,15,16,19). The van der Waals surface area contributed by atoms with E-state index in [1.54, 1.807) is 0 Å². The summed E-state index contributed by atoms with van der Waals surface area (Å²) < 4.78 is 30.9. The first-order valence-electron chi connectivity index (χ1n) is 5.30. The maximum absolute atomic E-state index is 13.4. The van der Waals surface area contributed by atoms with Crippen LogP contribution < -0.4 is 10.6 Å². The molecule has 20 heavy (non-hydrogen) atoms. The Labute approximate surface area is 121 Å². The van der Waals surface area contributed by atoms with Crippen LogP contribution in [0.5, 0.6) is 0 Å². The number of carbonyl (C=O) groups excluding carboxylic acids is 1. The quantitative estimate of drug-likeness (QED) is 0.706. The third kappa shape index (κ3) is 4.42. The van der Waals surface area contributed by atoms with E-state index < -0.39 is 29.7 Å². The first-order valence-corrected chi connectivity index (χ1v) is 6.09. The lowest BCUT2D eigenvalue weighted by Gasteiger charge is -2.13. The van der Waals surface area contributed by atoms with E-state index in [2.05, 4.69) is 31.3 Å². The summed E-state index contributed by atoms with van der Waals surface area (Å²) in [4.78, 5) is 22.1. The summed E-state index contributed by atoms with van der Waals surface area (Å²) in [5.74, 6) is -3.01. The van der Waals surface area contributed by atoms with Gasteiger partial charge in [0.1, 0.15) is 11.6 Å². The van der Waals surface area contributed by atoms with Crippen LogP contribution in [0.4, 0.5) is 19.3 Å². The molecular formula is C11H11BrF2N2O4. The van der Waals surface area contributed by atoms with Crippen LogP contribution in [0.15, 0.2) is 16.6 Å². The first kappa shape index (κ1) is 16.3. The van der Waals surface area contributed by atoms with Gasteiger partial charge in [-0.25, -0.2) is 18.4 Å². The molecule has 0 saturated carbocycles. The zero-order valence-electron chi connectivity index (χ0n) is 10.2. The summed E-state index contributed by atoms with van der Waals surface area (Å²) >= 11 is 2.85. The van der Waals surface area contributed by atoms with Crippen LogP contribution >= 0.6 is 15.9 Å². The average molecular weight is 353 g/mol. The molecule has 0 fully saturated rings. The largest absolute Gasteiger partial charge is 0.479 e. The zero-order valence-corrected chi connectivity index (χ0v) is 11.8. The fourth-order valence-corrected chi connectivity index (χ4v) is 1.59. The molecule has 0 radical (unpaired) electrons. The Morgan fingerprint density at radius 1 is 1.40 bits per heavy atom. The van der Waals surface area contributed by atoms with Crippen LogP contribution in [-0.2, 0) is 9.53 Å². The van der Waals surface area contributed by atoms with Crippen molar-refractivity contribution in [3.8, 4) is 0 Å². The van der Waals surface area contributed by atoms with Gasteiger partial charge in [-0.2, -0.15) is 0 Å². The van der Waals surface area contributed by atoms with Crippen molar-refractivity contribution in [2.45, 2.75) is 6.10 Å². The predicted octanol–water partition coefficient (Wildman–Crippen LogP) is 1.95. The van der Waals surface area contributed by atoms with Crippen LogP contribution in [0.1, 0.15) is 0 Å². The van der Waals surface area contributed by atoms with Crippen molar-refractivity contribution in [3.05, 3.63) is 28.2 Å². The van der Waals surface area contributed by atoms with Gasteiger partial charge < -0.3 is 20.5 Å². The number of halogens is 3. The van der Waals surface area contributed by atoms with Crippen LogP contribution in [-0.4, -0.2) is 36.9 Å². The maximum Gasteiger partial charge on any atom is 0.334 e. The SMILES string of the molecule is COC(CNC(=O)Nc1cc(Br)c(F)cc1F)C(=O)O. The number of amides is 2. The van der Waals surface area contributed by atoms with Crippen LogP contribution in [0.25, 0.3) is 0 Å². The summed E-state index contributed by atoms with van der Waals surface area (Å²) in [6.07, 6.45) is -1.22. The lowest BCUT2D eigenvalue weighted by Crippen LogP contribution is -2.39. The first-order chi connectivity index (χ1) is 9.35. The smallest absolute Gasteiger partial charge is 0.334 e. The van der Waals surface area contributed by atoms with Crippen molar-refractivity contribution in [2.75, 3.05) is 19.0 Å². The Bertz CT molecular complexity index is 527. The van der Waals surface area contributed by atoms with Crippen molar-refractivity contribution < 1.29 is 28.2 Å². The van der Waals surface area contributed by atoms with Gasteiger partial charge in [-0.1, -0.05) is 0 Å². The van der Waals surface area contributed by atoms with E-state index in [-0.39, 0.29) is 16.7 Å². The highest BCUT2D eigenvalue weighted by molar-refractivity contribution is 9.10. The number of urea groups is 1. The monoisotopic (exact) mass is 352 g/mol. The minimum Gasteiger partial charge on any atom is -0.479 e. The minimum atomic E-state index is -1.25. The van der Waals surface area contributed by atoms with Gasteiger partial charge in [-0.05, 0) is 22.0 Å². The fourth-order valence-electron chi connectivity index (χ4n) is 1.24. The number of aliphatic carboxylic acids is 1. The van der Waals surface area contributed by atoms with Crippen molar-refractivity contribution in [1.82, 2.24) is 5.32 Å². The van der Waals surface area contributed by atoms with Crippen LogP contribution in [0.3, 0.4) is 0 Å². The summed E-state index contributed by atoms with van der Waals surface area (Å²) in [7, 11) is 1.18. The Morgan fingerprint density at radius 3 is 2.60 bits per heavy atom. The van der Waals surface area contributed by atoms with E-state index in [1.807, 2.05) is 0 Å². The molecule has 0 bridgehead atoms. The molecule has 1 aromatic carbocycles. The summed E-state index contributed by atoms with van der Waals surface area (Å²) in [6.45, 7) is -0.304. The van der Waals surface area contributed by atoms with E-state index in [9.17, 15) is 18.4 Å². The number of ether oxygens (including phenoxy) is 1. The van der Waals surface area contributed by atoms with E-state index >= 15 is 0 Å². The number of nitrogens with one attached hydrogen (secondary N) is 2. The Balaban J connectivity index is 2.63. The number of methoxy groups -OCH3 is 1. The molecule has 0 aliphatic rings. The number of hydrogen-bond acceptors (Lipinski definition) is 3. The number of carbonyl (C=O) groups is 2. The van der Waals surface area contributed by atoms with E-state index in [4.69, 9.17) is 5.11 Å². The molecule has 0 aliphatic carbocycles. The van der Waals surface area contributed by atoms with Gasteiger partial charge in [-0.15, -0.1) is 0 Å². The number of carboxylic acids is 1. The molecule has 3 N–H and O–H groups in total. The van der Waals surface area contributed by atoms with Gasteiger partial charge in [0.25, 0.3) is 0 Å². The molecule has 1 rings (SSSR count). The van der Waals surface area contributed by atoms with Gasteiger partial charge in [-0.3, -0.25) is 0 Å². The van der Waals surface area contributed by atoms with Gasteiger partial charge in [0.05, 0.1) is 16.7 Å². The van der Waals surface area contributed by atoms with Crippen molar-refractivity contribution >= 4 is 33.6 Å². The molecule has 0 spiro atoms. The summed E-state index contributed by atoms with van der Waals surface area (Å²) in [6, 6.07) is 0.815. The van der Waals surface area contributed by atoms with Crippen LogP contribution in [0.2, 0.25) is 0 Å². The molecule has 1 unspecified atom stereocenters. The molecule has 6 nitrogen and oxygen atoms in total. The van der Waals surface area contributed by atoms with Crippen molar-refractivity contribution in [2.24, 2.45) is 0 Å². The maximum atomic E-state index is 13.4. The Hall–Kier alpha value is -1.74. The van der Waals surface area contributed by atoms with Gasteiger partial charge in [0, 0.05) is 13.2 Å². The predicted molar refractivity (Wildman–Crippen MR) is 69.5 cm³/mol. The molecule has 9 heteroatoms. The van der Waals surface area contributed by atoms with E-state index in [1.165, 1.54) is 7.11 Å². The van der Waals surface area contributed by atoms with Crippen molar-refractivity contribution in [3.63, 3.8) is 0 Å². The molecule has 0 aromatic heterocycles. The third-order valence-corrected chi connectivity index (χ3v) is 2.87. The molecule has 2 amide bonds. The highest BCUT2D eigenvalue weighted by atomic mass is 79.9. The van der Waals surface area contributed by atoms with E-state index in [0.29, 0.717) is 6.07 Å². The van der Waals surface area contributed by atoms with Crippen molar-refractivity contribution in [1.29, 1.82) is 0 Å². The topological polar surface area (TPSA) is 87.7 Å². The number of rotatable bonds is 5. The normalized spacial score (nSPS) is 11.8. The summed E-state index contributed by atoms with van der Waals surface area (Å²) in [5, 5.41) is 13.0. The number of hydrogen-bond donors (Lipinski definition) is 3. The van der Waals surface area contributed by atoms with Gasteiger partial charge >= 0.3 is 12.0 Å². The van der Waals surface area contributed by atoms with Gasteiger partial charge in [0.2, 0.25) is 0 Å². The number of anilines is 1. The average Bonchev–Trinajstić information content (AvgIpc) is 2.36. The van der Waals surface area contributed by atoms with E-state index in [0.717, 1.165) is 6.07 Å². The lowest BCUT2D eigenvalue weighted by atomic mass is 10.3. The Morgan fingerprint density at radius 2 is 2.05 bits per heavy atom. The van der Waals surface area contributed by atoms with Crippen LogP contribution in [0, 0.1) is 11.6 Å². The number of benzene rings is 1. The second-order valence-electron chi connectivity index (χ2n) is 3.64. The fraction of sp³-hybridized carbons (Fsp3) is 0.273. The minimum absolute atomic E-state index is 0.0190. The lowest BCUT2D eigenvalue weighted by molar-refractivity contribution is -0.147. The highest BCUT2D eigenvalue weighted by Gasteiger charge is 2.18. The van der Waals surface area contributed by atoms with Gasteiger partial charge in [0.15, 0.2) is 6.10 Å². The molecule has 1 atom stereocenters. The molecule has 110 valence electrons. The second-order valence-corrected chi connectivity index (χ2v) is 4.50. The third-order valence-electron chi connectivity index (χ3n) is 2.27.